The van der Waals surface area contributed by atoms with Crippen molar-refractivity contribution < 1.29 is 13.9 Å². The predicted octanol–water partition coefficient (Wildman–Crippen LogP) is 3.73. The van der Waals surface area contributed by atoms with Crippen LogP contribution in [-0.2, 0) is 0 Å². The summed E-state index contributed by atoms with van der Waals surface area (Å²) in [4.78, 5) is 12.8. The number of rotatable bonds is 3. The fourth-order valence-corrected chi connectivity index (χ4v) is 2.56. The standard InChI is InChI=1S/C14H10O3S/c1-16-10-7-13(18-8-10)14(15)12-6-9-4-2-3-5-11(9)17-12/h2-8H,1H3. The Balaban J connectivity index is 2.00. The van der Waals surface area contributed by atoms with Crippen LogP contribution in [0.25, 0.3) is 11.0 Å². The van der Waals surface area contributed by atoms with Crippen LogP contribution in [0.1, 0.15) is 15.4 Å². The van der Waals surface area contributed by atoms with E-state index in [2.05, 4.69) is 0 Å². The molecule has 3 nitrogen and oxygen atoms in total. The van der Waals surface area contributed by atoms with E-state index in [0.29, 0.717) is 16.4 Å². The van der Waals surface area contributed by atoms with Crippen molar-refractivity contribution in [3.8, 4) is 5.75 Å². The Bertz CT molecular complexity index is 675. The van der Waals surface area contributed by atoms with E-state index in [9.17, 15) is 4.79 Å². The van der Waals surface area contributed by atoms with Crippen LogP contribution in [0.2, 0.25) is 0 Å². The molecule has 1 aromatic carbocycles. The van der Waals surface area contributed by atoms with Crippen LogP contribution in [0.5, 0.6) is 5.75 Å². The number of para-hydroxylation sites is 1. The smallest absolute Gasteiger partial charge is 0.238 e. The number of ketones is 1. The molecular weight excluding hydrogens is 248 g/mol. The summed E-state index contributed by atoms with van der Waals surface area (Å²) in [7, 11) is 1.58. The highest BCUT2D eigenvalue weighted by Crippen LogP contribution is 2.26. The van der Waals surface area contributed by atoms with Gasteiger partial charge in [0.25, 0.3) is 0 Å². The van der Waals surface area contributed by atoms with E-state index in [1.165, 1.54) is 11.3 Å². The lowest BCUT2D eigenvalue weighted by Gasteiger charge is -1.92. The summed E-state index contributed by atoms with van der Waals surface area (Å²) in [6, 6.07) is 11.1. The maximum absolute atomic E-state index is 12.2. The molecule has 4 heteroatoms. The lowest BCUT2D eigenvalue weighted by molar-refractivity contribution is 0.101. The van der Waals surface area contributed by atoms with Crippen LogP contribution in [0.4, 0.5) is 0 Å². The number of thiophene rings is 1. The molecule has 0 unspecified atom stereocenters. The molecule has 0 aliphatic heterocycles. The van der Waals surface area contributed by atoms with Gasteiger partial charge in [-0.25, -0.2) is 0 Å². The molecule has 0 fully saturated rings. The number of benzene rings is 1. The van der Waals surface area contributed by atoms with Crippen LogP contribution in [0.3, 0.4) is 0 Å². The van der Waals surface area contributed by atoms with Gasteiger partial charge in [0.2, 0.25) is 5.78 Å². The second-order valence-electron chi connectivity index (χ2n) is 3.83. The summed E-state index contributed by atoms with van der Waals surface area (Å²) in [5.74, 6) is 0.944. The molecule has 0 atom stereocenters. The Hall–Kier alpha value is -2.07. The van der Waals surface area contributed by atoms with Crippen molar-refractivity contribution in [1.82, 2.24) is 0 Å². The number of hydrogen-bond acceptors (Lipinski definition) is 4. The lowest BCUT2D eigenvalue weighted by atomic mass is 10.2. The number of carbonyl (C=O) groups excluding carboxylic acids is 1. The van der Waals surface area contributed by atoms with Gasteiger partial charge in [-0.05, 0) is 12.1 Å². The highest BCUT2D eigenvalue weighted by atomic mass is 32.1. The van der Waals surface area contributed by atoms with Crippen LogP contribution in [-0.4, -0.2) is 12.9 Å². The molecule has 2 heterocycles. The zero-order valence-electron chi connectivity index (χ0n) is 9.67. The van der Waals surface area contributed by atoms with Crippen molar-refractivity contribution in [2.24, 2.45) is 0 Å². The second kappa shape index (κ2) is 4.31. The van der Waals surface area contributed by atoms with Crippen LogP contribution in [0, 0.1) is 0 Å². The summed E-state index contributed by atoms with van der Waals surface area (Å²) in [5, 5.41) is 2.74. The molecule has 0 aliphatic rings. The van der Waals surface area contributed by atoms with Gasteiger partial charge in [0.05, 0.1) is 12.0 Å². The number of hydrogen-bond donors (Lipinski definition) is 0. The Morgan fingerprint density at radius 2 is 2.11 bits per heavy atom. The second-order valence-corrected chi connectivity index (χ2v) is 4.74. The minimum Gasteiger partial charge on any atom is -0.496 e. The Morgan fingerprint density at radius 1 is 1.28 bits per heavy atom. The minimum atomic E-state index is -0.112. The normalized spacial score (nSPS) is 10.7. The fourth-order valence-electron chi connectivity index (χ4n) is 1.76. The average Bonchev–Trinajstić information content (AvgIpc) is 3.04. The van der Waals surface area contributed by atoms with E-state index in [1.54, 1.807) is 24.6 Å². The first-order valence-electron chi connectivity index (χ1n) is 5.44. The zero-order valence-corrected chi connectivity index (χ0v) is 10.5. The van der Waals surface area contributed by atoms with Crippen LogP contribution < -0.4 is 4.74 Å². The molecule has 18 heavy (non-hydrogen) atoms. The van der Waals surface area contributed by atoms with Gasteiger partial charge in [-0.15, -0.1) is 11.3 Å². The SMILES string of the molecule is COc1csc(C(=O)c2cc3ccccc3o2)c1. The average molecular weight is 258 g/mol. The molecule has 90 valence electrons. The third-order valence-electron chi connectivity index (χ3n) is 2.68. The summed E-state index contributed by atoms with van der Waals surface area (Å²) in [5.41, 5.74) is 0.726. The van der Waals surface area contributed by atoms with Gasteiger partial charge in [0.1, 0.15) is 11.3 Å². The van der Waals surface area contributed by atoms with Crippen molar-refractivity contribution >= 4 is 28.1 Å². The quantitative estimate of drug-likeness (QED) is 0.672. The number of fused-ring (bicyclic) bond motifs is 1. The topological polar surface area (TPSA) is 39.4 Å². The number of ether oxygens (including phenoxy) is 1. The first-order valence-corrected chi connectivity index (χ1v) is 6.31. The summed E-state index contributed by atoms with van der Waals surface area (Å²) in [6.45, 7) is 0. The third kappa shape index (κ3) is 1.80. The van der Waals surface area contributed by atoms with Crippen molar-refractivity contribution in [3.05, 3.63) is 52.4 Å². The van der Waals surface area contributed by atoms with Crippen molar-refractivity contribution in [2.75, 3.05) is 7.11 Å². The lowest BCUT2D eigenvalue weighted by Crippen LogP contribution is -1.95. The molecule has 0 spiro atoms. The highest BCUT2D eigenvalue weighted by Gasteiger charge is 2.16. The van der Waals surface area contributed by atoms with Crippen LogP contribution >= 0.6 is 11.3 Å². The maximum Gasteiger partial charge on any atom is 0.238 e. The minimum absolute atomic E-state index is 0.112. The van der Waals surface area contributed by atoms with E-state index in [1.807, 2.05) is 24.3 Å². The van der Waals surface area contributed by atoms with Gasteiger partial charge in [-0.1, -0.05) is 18.2 Å². The third-order valence-corrected chi connectivity index (χ3v) is 3.59. The molecule has 0 amide bonds. The predicted molar refractivity (Wildman–Crippen MR) is 70.5 cm³/mol. The van der Waals surface area contributed by atoms with Crippen molar-refractivity contribution in [1.29, 1.82) is 0 Å². The van der Waals surface area contributed by atoms with Crippen LogP contribution in [0.15, 0.2) is 46.2 Å². The van der Waals surface area contributed by atoms with E-state index in [0.717, 1.165) is 11.0 Å². The molecule has 0 aliphatic carbocycles. The first-order chi connectivity index (χ1) is 8.78. The molecule has 0 saturated heterocycles. The van der Waals surface area contributed by atoms with Gasteiger partial charge in [-0.3, -0.25) is 4.79 Å². The van der Waals surface area contributed by atoms with Gasteiger partial charge < -0.3 is 9.15 Å². The Labute approximate surface area is 108 Å². The molecule has 0 bridgehead atoms. The van der Waals surface area contributed by atoms with E-state index in [-0.39, 0.29) is 5.78 Å². The number of methoxy groups -OCH3 is 1. The monoisotopic (exact) mass is 258 g/mol. The van der Waals surface area contributed by atoms with Gasteiger partial charge in [0, 0.05) is 16.8 Å². The Kier molecular flexibility index (Phi) is 2.64. The highest BCUT2D eigenvalue weighted by molar-refractivity contribution is 7.12. The van der Waals surface area contributed by atoms with Gasteiger partial charge in [-0.2, -0.15) is 0 Å². The van der Waals surface area contributed by atoms with Crippen molar-refractivity contribution in [3.63, 3.8) is 0 Å². The van der Waals surface area contributed by atoms with E-state index >= 15 is 0 Å². The van der Waals surface area contributed by atoms with Gasteiger partial charge >= 0.3 is 0 Å². The fraction of sp³-hybridized carbons (Fsp3) is 0.0714. The van der Waals surface area contributed by atoms with E-state index in [4.69, 9.17) is 9.15 Å². The summed E-state index contributed by atoms with van der Waals surface area (Å²) in [6.07, 6.45) is 0. The largest absolute Gasteiger partial charge is 0.496 e. The first kappa shape index (κ1) is 11.0. The molecule has 0 saturated carbocycles. The Morgan fingerprint density at radius 3 is 2.83 bits per heavy atom. The molecule has 3 aromatic rings. The van der Waals surface area contributed by atoms with Crippen molar-refractivity contribution in [2.45, 2.75) is 0 Å². The number of furan rings is 1. The molecule has 0 radical (unpaired) electrons. The molecule has 0 N–H and O–H groups in total. The molecule has 3 rings (SSSR count). The molecular formula is C14H10O3S. The number of carbonyl (C=O) groups is 1. The zero-order chi connectivity index (χ0) is 12.5. The summed E-state index contributed by atoms with van der Waals surface area (Å²) < 4.78 is 10.6. The maximum atomic E-state index is 12.2. The van der Waals surface area contributed by atoms with Gasteiger partial charge in [0.15, 0.2) is 5.76 Å². The van der Waals surface area contributed by atoms with E-state index < -0.39 is 0 Å². The molecule has 2 aromatic heterocycles. The summed E-state index contributed by atoms with van der Waals surface area (Å²) >= 11 is 1.35.